The van der Waals surface area contributed by atoms with Crippen molar-refractivity contribution in [3.8, 4) is 0 Å². The van der Waals surface area contributed by atoms with Crippen molar-refractivity contribution in [3.63, 3.8) is 0 Å². The van der Waals surface area contributed by atoms with Crippen LogP contribution in [-0.2, 0) is 11.0 Å². The van der Waals surface area contributed by atoms with Gasteiger partial charge in [0.05, 0.1) is 17.8 Å². The number of para-hydroxylation sites is 1. The lowest BCUT2D eigenvalue weighted by molar-refractivity contribution is -0.137. The minimum absolute atomic E-state index is 0.348. The number of rotatable bonds is 4. The maximum absolute atomic E-state index is 12.8. The van der Waals surface area contributed by atoms with E-state index in [2.05, 4.69) is 10.6 Å². The molecule has 24 heavy (non-hydrogen) atoms. The van der Waals surface area contributed by atoms with Gasteiger partial charge in [0.1, 0.15) is 0 Å². The van der Waals surface area contributed by atoms with Gasteiger partial charge in [0.25, 0.3) is 5.91 Å². The second kappa shape index (κ2) is 7.16. The summed E-state index contributed by atoms with van der Waals surface area (Å²) < 4.78 is 38.5. The molecule has 0 spiro atoms. The van der Waals surface area contributed by atoms with Gasteiger partial charge in [0, 0.05) is 5.56 Å². The fourth-order valence-corrected chi connectivity index (χ4v) is 2.00. The summed E-state index contributed by atoms with van der Waals surface area (Å²) in [4.78, 5) is 23.7. The van der Waals surface area contributed by atoms with Crippen molar-refractivity contribution in [2.24, 2.45) is 0 Å². The van der Waals surface area contributed by atoms with E-state index in [9.17, 15) is 22.8 Å². The molecule has 0 saturated heterocycles. The van der Waals surface area contributed by atoms with Gasteiger partial charge in [-0.2, -0.15) is 13.2 Å². The van der Waals surface area contributed by atoms with Crippen molar-refractivity contribution in [2.75, 3.05) is 11.9 Å². The summed E-state index contributed by atoms with van der Waals surface area (Å²) in [6.45, 7) is 1.44. The molecule has 2 aromatic carbocycles. The van der Waals surface area contributed by atoms with Crippen LogP contribution >= 0.6 is 0 Å². The summed E-state index contributed by atoms with van der Waals surface area (Å²) in [6, 6.07) is 11.3. The van der Waals surface area contributed by atoms with E-state index in [-0.39, 0.29) is 5.69 Å². The highest BCUT2D eigenvalue weighted by Gasteiger charge is 2.33. The number of nitrogens with one attached hydrogen (secondary N) is 2. The van der Waals surface area contributed by atoms with Crippen LogP contribution in [0.15, 0.2) is 48.5 Å². The van der Waals surface area contributed by atoms with E-state index in [0.29, 0.717) is 5.56 Å². The first kappa shape index (κ1) is 17.5. The Labute approximate surface area is 136 Å². The fraction of sp³-hybridized carbons (Fsp3) is 0.176. The van der Waals surface area contributed by atoms with Crippen LogP contribution in [0.3, 0.4) is 0 Å². The van der Waals surface area contributed by atoms with Crippen LogP contribution < -0.4 is 10.6 Å². The summed E-state index contributed by atoms with van der Waals surface area (Å²) in [5.41, 5.74) is 0.0555. The third-order valence-electron chi connectivity index (χ3n) is 3.23. The Kier molecular flexibility index (Phi) is 5.23. The van der Waals surface area contributed by atoms with Gasteiger partial charge in [-0.05, 0) is 31.2 Å². The zero-order valence-electron chi connectivity index (χ0n) is 12.8. The van der Waals surface area contributed by atoms with Gasteiger partial charge < -0.3 is 10.6 Å². The predicted molar refractivity (Wildman–Crippen MR) is 83.6 cm³/mol. The Hall–Kier alpha value is -2.83. The third kappa shape index (κ3) is 4.58. The molecule has 0 unspecified atom stereocenters. The first-order chi connectivity index (χ1) is 11.3. The van der Waals surface area contributed by atoms with Crippen molar-refractivity contribution < 1.29 is 22.8 Å². The van der Waals surface area contributed by atoms with Gasteiger partial charge in [0.15, 0.2) is 0 Å². The molecule has 0 fully saturated rings. The van der Waals surface area contributed by atoms with Crippen molar-refractivity contribution in [1.82, 2.24) is 5.32 Å². The van der Waals surface area contributed by atoms with E-state index >= 15 is 0 Å². The molecule has 0 radical (unpaired) electrons. The quantitative estimate of drug-likeness (QED) is 0.899. The van der Waals surface area contributed by atoms with Gasteiger partial charge in [-0.15, -0.1) is 0 Å². The normalized spacial score (nSPS) is 11.0. The average Bonchev–Trinajstić information content (AvgIpc) is 2.53. The molecule has 2 amide bonds. The van der Waals surface area contributed by atoms with E-state index in [0.717, 1.165) is 17.7 Å². The standard InChI is InChI=1S/C17H15F3N2O2/c1-11-6-8-12(9-7-11)16(24)21-10-15(23)22-14-5-3-2-4-13(14)17(18,19)20/h2-9H,10H2,1H3,(H,21,24)(H,22,23). The van der Waals surface area contributed by atoms with Crippen molar-refractivity contribution >= 4 is 17.5 Å². The average molecular weight is 336 g/mol. The number of alkyl halides is 3. The number of halogens is 3. The summed E-state index contributed by atoms with van der Waals surface area (Å²) in [5.74, 6) is -1.22. The van der Waals surface area contributed by atoms with Crippen LogP contribution in [0, 0.1) is 6.92 Å². The van der Waals surface area contributed by atoms with Gasteiger partial charge >= 0.3 is 6.18 Å². The zero-order chi connectivity index (χ0) is 17.7. The second-order valence-corrected chi connectivity index (χ2v) is 5.14. The molecule has 2 aromatic rings. The second-order valence-electron chi connectivity index (χ2n) is 5.14. The van der Waals surface area contributed by atoms with Gasteiger partial charge in [0.2, 0.25) is 5.91 Å². The van der Waals surface area contributed by atoms with E-state index in [1.807, 2.05) is 6.92 Å². The molecular formula is C17H15F3N2O2. The molecule has 0 atom stereocenters. The third-order valence-corrected chi connectivity index (χ3v) is 3.23. The summed E-state index contributed by atoms with van der Waals surface area (Å²) in [7, 11) is 0. The molecule has 0 aliphatic carbocycles. The van der Waals surface area contributed by atoms with Gasteiger partial charge in [-0.25, -0.2) is 0 Å². The van der Waals surface area contributed by atoms with E-state index in [1.54, 1.807) is 24.3 Å². The molecule has 0 heterocycles. The fourth-order valence-electron chi connectivity index (χ4n) is 2.00. The number of benzene rings is 2. The Morgan fingerprint density at radius 2 is 1.62 bits per heavy atom. The molecule has 7 heteroatoms. The highest BCUT2D eigenvalue weighted by atomic mass is 19.4. The molecule has 4 nitrogen and oxygen atoms in total. The van der Waals surface area contributed by atoms with Crippen LogP contribution in [-0.4, -0.2) is 18.4 Å². The van der Waals surface area contributed by atoms with Crippen LogP contribution in [0.1, 0.15) is 21.5 Å². The molecule has 0 saturated carbocycles. The van der Waals surface area contributed by atoms with Gasteiger partial charge in [-0.3, -0.25) is 9.59 Å². The minimum Gasteiger partial charge on any atom is -0.343 e. The largest absolute Gasteiger partial charge is 0.418 e. The van der Waals surface area contributed by atoms with Crippen LogP contribution in [0.5, 0.6) is 0 Å². The number of hydrogen-bond donors (Lipinski definition) is 2. The lowest BCUT2D eigenvalue weighted by Gasteiger charge is -2.13. The number of carbonyl (C=O) groups excluding carboxylic acids is 2. The smallest absolute Gasteiger partial charge is 0.343 e. The van der Waals surface area contributed by atoms with E-state index in [4.69, 9.17) is 0 Å². The van der Waals surface area contributed by atoms with E-state index < -0.39 is 30.1 Å². The molecule has 2 rings (SSSR count). The molecule has 126 valence electrons. The maximum atomic E-state index is 12.8. The van der Waals surface area contributed by atoms with Crippen molar-refractivity contribution in [1.29, 1.82) is 0 Å². The summed E-state index contributed by atoms with van der Waals surface area (Å²) in [5, 5.41) is 4.52. The number of aryl methyl sites for hydroxylation is 1. The highest BCUT2D eigenvalue weighted by molar-refractivity contribution is 5.99. The Balaban J connectivity index is 1.97. The predicted octanol–water partition coefficient (Wildman–Crippen LogP) is 3.38. The lowest BCUT2D eigenvalue weighted by Crippen LogP contribution is -2.33. The van der Waals surface area contributed by atoms with Crippen LogP contribution in [0.2, 0.25) is 0 Å². The highest BCUT2D eigenvalue weighted by Crippen LogP contribution is 2.34. The topological polar surface area (TPSA) is 58.2 Å². The summed E-state index contributed by atoms with van der Waals surface area (Å²) in [6.07, 6.45) is -4.57. The monoisotopic (exact) mass is 336 g/mol. The van der Waals surface area contributed by atoms with Crippen LogP contribution in [0.25, 0.3) is 0 Å². The maximum Gasteiger partial charge on any atom is 0.418 e. The molecule has 2 N–H and O–H groups in total. The molecule has 0 aliphatic rings. The van der Waals surface area contributed by atoms with Crippen molar-refractivity contribution in [2.45, 2.75) is 13.1 Å². The summed E-state index contributed by atoms with van der Waals surface area (Å²) >= 11 is 0. The Morgan fingerprint density at radius 1 is 1.00 bits per heavy atom. The number of amides is 2. The van der Waals surface area contributed by atoms with E-state index in [1.165, 1.54) is 12.1 Å². The number of carbonyl (C=O) groups is 2. The first-order valence-electron chi connectivity index (χ1n) is 7.08. The van der Waals surface area contributed by atoms with Gasteiger partial charge in [-0.1, -0.05) is 29.8 Å². The zero-order valence-corrected chi connectivity index (χ0v) is 12.8. The molecular weight excluding hydrogens is 321 g/mol. The lowest BCUT2D eigenvalue weighted by atomic mass is 10.1. The molecule has 0 aliphatic heterocycles. The Morgan fingerprint density at radius 3 is 2.25 bits per heavy atom. The number of anilines is 1. The number of hydrogen-bond acceptors (Lipinski definition) is 2. The van der Waals surface area contributed by atoms with Crippen LogP contribution in [0.4, 0.5) is 18.9 Å². The SMILES string of the molecule is Cc1ccc(C(=O)NCC(=O)Nc2ccccc2C(F)(F)F)cc1. The van der Waals surface area contributed by atoms with Crippen molar-refractivity contribution in [3.05, 3.63) is 65.2 Å². The Bertz CT molecular complexity index is 740. The first-order valence-corrected chi connectivity index (χ1v) is 7.08. The molecule has 0 bridgehead atoms. The molecule has 0 aromatic heterocycles. The minimum atomic E-state index is -4.57.